The van der Waals surface area contributed by atoms with E-state index in [1.807, 2.05) is 45.2 Å². The SMILES string of the molecule is CC(C)(C)OC(=O)NC1(c2ccc(-c3c(Br)nc4n3C3=CC=CNC3Nc3ccccc3-4)cc2)CCC1. The highest BCUT2D eigenvalue weighted by Gasteiger charge is 2.41. The van der Waals surface area contributed by atoms with Crippen molar-refractivity contribution >= 4 is 33.4 Å². The summed E-state index contributed by atoms with van der Waals surface area (Å²) in [5.74, 6) is 0.877. The summed E-state index contributed by atoms with van der Waals surface area (Å²) < 4.78 is 8.55. The Morgan fingerprint density at radius 3 is 2.62 bits per heavy atom. The first-order valence-electron chi connectivity index (χ1n) is 12.6. The van der Waals surface area contributed by atoms with Crippen LogP contribution in [0.4, 0.5) is 10.5 Å². The Morgan fingerprint density at radius 1 is 1.16 bits per heavy atom. The van der Waals surface area contributed by atoms with Gasteiger partial charge in [0.1, 0.15) is 22.2 Å². The monoisotopic (exact) mass is 559 g/mol. The first-order chi connectivity index (χ1) is 17.7. The van der Waals surface area contributed by atoms with Crippen molar-refractivity contribution in [3.8, 4) is 22.6 Å². The molecule has 1 unspecified atom stereocenters. The smallest absolute Gasteiger partial charge is 0.408 e. The highest BCUT2D eigenvalue weighted by molar-refractivity contribution is 9.10. The fraction of sp³-hybridized carbons (Fsp3) is 0.310. The number of nitrogens with one attached hydrogen (secondary N) is 3. The third-order valence-electron chi connectivity index (χ3n) is 7.14. The van der Waals surface area contributed by atoms with Crippen LogP contribution >= 0.6 is 15.9 Å². The average molecular weight is 560 g/mol. The van der Waals surface area contributed by atoms with Crippen molar-refractivity contribution in [1.29, 1.82) is 0 Å². The maximum Gasteiger partial charge on any atom is 0.408 e. The number of hydrogen-bond donors (Lipinski definition) is 3. The maximum absolute atomic E-state index is 12.6. The number of imidazole rings is 1. The Bertz CT molecular complexity index is 1430. The quantitative estimate of drug-likeness (QED) is 0.337. The lowest BCUT2D eigenvalue weighted by Gasteiger charge is -2.43. The van der Waals surface area contributed by atoms with Gasteiger partial charge in [0.2, 0.25) is 0 Å². The number of carbonyl (C=O) groups excluding carboxylic acids is 1. The predicted octanol–water partition coefficient (Wildman–Crippen LogP) is 6.59. The molecule has 3 heterocycles. The maximum atomic E-state index is 12.6. The molecule has 0 radical (unpaired) electrons. The lowest BCUT2D eigenvalue weighted by molar-refractivity contribution is 0.0377. The van der Waals surface area contributed by atoms with Crippen LogP contribution in [0.15, 0.2) is 71.5 Å². The van der Waals surface area contributed by atoms with Crippen molar-refractivity contribution in [2.75, 3.05) is 5.32 Å². The number of amides is 1. The molecule has 1 fully saturated rings. The van der Waals surface area contributed by atoms with E-state index in [-0.39, 0.29) is 17.8 Å². The van der Waals surface area contributed by atoms with Gasteiger partial charge in [0.15, 0.2) is 0 Å². The number of dihydropyridines is 1. The van der Waals surface area contributed by atoms with Gasteiger partial charge in [-0.25, -0.2) is 9.78 Å². The van der Waals surface area contributed by atoms with Crippen molar-refractivity contribution in [2.24, 2.45) is 0 Å². The number of carbonyl (C=O) groups is 1. The number of aromatic nitrogens is 2. The van der Waals surface area contributed by atoms with Crippen molar-refractivity contribution in [3.63, 3.8) is 0 Å². The number of benzene rings is 2. The van der Waals surface area contributed by atoms with Crippen LogP contribution in [0.1, 0.15) is 45.6 Å². The van der Waals surface area contributed by atoms with E-state index >= 15 is 0 Å². The van der Waals surface area contributed by atoms with Gasteiger partial charge in [-0.3, -0.25) is 4.57 Å². The van der Waals surface area contributed by atoms with Gasteiger partial charge >= 0.3 is 6.09 Å². The predicted molar refractivity (Wildman–Crippen MR) is 150 cm³/mol. The van der Waals surface area contributed by atoms with Crippen molar-refractivity contribution in [3.05, 3.63) is 77.0 Å². The summed E-state index contributed by atoms with van der Waals surface area (Å²) in [7, 11) is 0. The lowest BCUT2D eigenvalue weighted by Crippen LogP contribution is -2.52. The molecule has 6 rings (SSSR count). The van der Waals surface area contributed by atoms with Gasteiger partial charge in [0.25, 0.3) is 0 Å². The number of fused-ring (bicyclic) bond motifs is 5. The number of hydrogen-bond acceptors (Lipinski definition) is 5. The molecule has 3 N–H and O–H groups in total. The van der Waals surface area contributed by atoms with E-state index in [1.165, 1.54) is 0 Å². The number of nitrogens with zero attached hydrogens (tertiary/aromatic N) is 2. The molecule has 2 aliphatic heterocycles. The van der Waals surface area contributed by atoms with Gasteiger partial charge in [0.05, 0.1) is 16.9 Å². The number of alkyl carbamates (subject to hydrolysis) is 1. The zero-order valence-corrected chi connectivity index (χ0v) is 22.7. The summed E-state index contributed by atoms with van der Waals surface area (Å²) in [6, 6.07) is 16.7. The lowest BCUT2D eigenvalue weighted by atomic mass is 9.72. The molecule has 1 aliphatic carbocycles. The Morgan fingerprint density at radius 2 is 1.92 bits per heavy atom. The summed E-state index contributed by atoms with van der Waals surface area (Å²) in [5, 5.41) is 10.2. The minimum absolute atomic E-state index is 0.0946. The summed E-state index contributed by atoms with van der Waals surface area (Å²) in [5.41, 5.74) is 5.32. The standard InChI is InChI=1S/C29H30BrN5O2/c1-28(2,3)37-27(36)34-29(15-7-16-29)19-13-11-18(12-14-19)23-24(30)33-26-20-8-4-5-9-21(20)32-25-22(35(23)26)10-6-17-31-25/h4-6,8-14,17,25,31-32H,7,15-16H2,1-3H3,(H,34,36). The molecular formula is C29H30BrN5O2. The first kappa shape index (κ1) is 23.9. The van der Waals surface area contributed by atoms with Crippen LogP contribution in [-0.2, 0) is 10.3 Å². The Labute approximate surface area is 225 Å². The van der Waals surface area contributed by atoms with Gasteiger partial charge in [-0.2, -0.15) is 0 Å². The Hall–Kier alpha value is -3.52. The second kappa shape index (κ2) is 8.80. The molecule has 0 spiro atoms. The molecule has 3 aromatic rings. The number of para-hydroxylation sites is 1. The molecule has 1 amide bonds. The fourth-order valence-corrected chi connectivity index (χ4v) is 5.87. The molecule has 0 bridgehead atoms. The summed E-state index contributed by atoms with van der Waals surface area (Å²) in [6.45, 7) is 5.64. The van der Waals surface area contributed by atoms with E-state index in [1.54, 1.807) is 0 Å². The van der Waals surface area contributed by atoms with Gasteiger partial charge < -0.3 is 20.7 Å². The van der Waals surface area contributed by atoms with Gasteiger partial charge in [-0.1, -0.05) is 36.4 Å². The first-order valence-corrected chi connectivity index (χ1v) is 13.4. The second-order valence-electron chi connectivity index (χ2n) is 10.8. The molecule has 1 aromatic heterocycles. The second-order valence-corrected chi connectivity index (χ2v) is 11.5. The molecule has 8 heteroatoms. The van der Waals surface area contributed by atoms with Crippen molar-refractivity contribution in [2.45, 2.75) is 57.3 Å². The molecule has 37 heavy (non-hydrogen) atoms. The van der Waals surface area contributed by atoms with Crippen LogP contribution < -0.4 is 16.0 Å². The number of anilines is 1. The minimum Gasteiger partial charge on any atom is -0.444 e. The van der Waals surface area contributed by atoms with E-state index < -0.39 is 5.60 Å². The number of ether oxygens (including phenoxy) is 1. The normalized spacial score (nSPS) is 19.0. The Balaban J connectivity index is 1.39. The van der Waals surface area contributed by atoms with E-state index in [0.29, 0.717) is 0 Å². The van der Waals surface area contributed by atoms with Crippen LogP contribution in [0.3, 0.4) is 0 Å². The number of allylic oxidation sites excluding steroid dienone is 2. The molecule has 3 aliphatic rings. The zero-order chi connectivity index (χ0) is 25.8. The zero-order valence-electron chi connectivity index (χ0n) is 21.1. The van der Waals surface area contributed by atoms with Gasteiger partial charge in [-0.15, -0.1) is 0 Å². The topological polar surface area (TPSA) is 80.2 Å². The third-order valence-corrected chi connectivity index (χ3v) is 7.69. The molecule has 2 aromatic carbocycles. The molecule has 7 nitrogen and oxygen atoms in total. The molecule has 190 valence electrons. The van der Waals surface area contributed by atoms with Crippen molar-refractivity contribution < 1.29 is 9.53 Å². The number of rotatable bonds is 3. The average Bonchev–Trinajstić information content (AvgIpc) is 3.11. The molecular weight excluding hydrogens is 530 g/mol. The Kier molecular flexibility index (Phi) is 5.67. The molecule has 1 saturated carbocycles. The summed E-state index contributed by atoms with van der Waals surface area (Å²) >= 11 is 3.76. The van der Waals surface area contributed by atoms with Crippen LogP contribution in [-0.4, -0.2) is 27.4 Å². The van der Waals surface area contributed by atoms with E-state index in [0.717, 1.165) is 63.5 Å². The summed E-state index contributed by atoms with van der Waals surface area (Å²) in [4.78, 5) is 17.6. The van der Waals surface area contributed by atoms with E-state index in [9.17, 15) is 4.79 Å². The van der Waals surface area contributed by atoms with Gasteiger partial charge in [0, 0.05) is 16.8 Å². The van der Waals surface area contributed by atoms with Crippen molar-refractivity contribution in [1.82, 2.24) is 20.2 Å². The number of halogens is 1. The fourth-order valence-electron chi connectivity index (χ4n) is 5.30. The van der Waals surface area contributed by atoms with Crippen LogP contribution in [0, 0.1) is 0 Å². The van der Waals surface area contributed by atoms with Gasteiger partial charge in [-0.05, 0) is 92.0 Å². The van der Waals surface area contributed by atoms with E-state index in [4.69, 9.17) is 9.72 Å². The molecule has 0 saturated heterocycles. The highest BCUT2D eigenvalue weighted by atomic mass is 79.9. The van der Waals surface area contributed by atoms with Crippen LogP contribution in [0.2, 0.25) is 0 Å². The van der Waals surface area contributed by atoms with E-state index in [2.05, 4.69) is 78.9 Å². The third kappa shape index (κ3) is 4.23. The minimum atomic E-state index is -0.534. The van der Waals surface area contributed by atoms with Crippen LogP contribution in [0.5, 0.6) is 0 Å². The van der Waals surface area contributed by atoms with Crippen LogP contribution in [0.25, 0.3) is 28.3 Å². The molecule has 1 atom stereocenters. The summed E-state index contributed by atoms with van der Waals surface area (Å²) in [6.07, 6.45) is 8.47. The largest absolute Gasteiger partial charge is 0.444 e. The highest BCUT2D eigenvalue weighted by Crippen LogP contribution is 2.44.